The molecular formula is C8H13N3O2. The van der Waals surface area contributed by atoms with Crippen molar-refractivity contribution in [2.75, 3.05) is 13.1 Å². The van der Waals surface area contributed by atoms with Crippen molar-refractivity contribution >= 4 is 0 Å². The lowest BCUT2D eigenvalue weighted by molar-refractivity contribution is 0.0651. The molecule has 72 valence electrons. The maximum absolute atomic E-state index is 9.40. The van der Waals surface area contributed by atoms with Gasteiger partial charge in [0, 0.05) is 6.54 Å². The Kier molecular flexibility index (Phi) is 2.56. The standard InChI is InChI=1S/C8H13N3O2/c12-7-2-1-3-11(4-7)5-8-9-6-13-10-8/h6-7,12H,1-5H2. The predicted molar refractivity (Wildman–Crippen MR) is 44.8 cm³/mol. The van der Waals surface area contributed by atoms with Crippen LogP contribution in [0.5, 0.6) is 0 Å². The minimum atomic E-state index is -0.194. The van der Waals surface area contributed by atoms with E-state index in [1.807, 2.05) is 0 Å². The summed E-state index contributed by atoms with van der Waals surface area (Å²) in [6, 6.07) is 0. The van der Waals surface area contributed by atoms with Crippen molar-refractivity contribution in [1.29, 1.82) is 0 Å². The fraction of sp³-hybridized carbons (Fsp3) is 0.750. The molecule has 5 nitrogen and oxygen atoms in total. The van der Waals surface area contributed by atoms with Gasteiger partial charge in [-0.15, -0.1) is 0 Å². The summed E-state index contributed by atoms with van der Waals surface area (Å²) in [5.74, 6) is 0.689. The smallest absolute Gasteiger partial charge is 0.213 e. The van der Waals surface area contributed by atoms with Gasteiger partial charge >= 0.3 is 0 Å². The number of aromatic nitrogens is 2. The zero-order valence-corrected chi connectivity index (χ0v) is 7.39. The van der Waals surface area contributed by atoms with Crippen LogP contribution >= 0.6 is 0 Å². The van der Waals surface area contributed by atoms with Gasteiger partial charge < -0.3 is 9.63 Å². The summed E-state index contributed by atoms with van der Waals surface area (Å²) in [6.07, 6.45) is 3.08. The Morgan fingerprint density at radius 3 is 3.31 bits per heavy atom. The second-order valence-corrected chi connectivity index (χ2v) is 3.38. The largest absolute Gasteiger partial charge is 0.392 e. The summed E-state index contributed by atoms with van der Waals surface area (Å²) in [6.45, 7) is 2.40. The van der Waals surface area contributed by atoms with Gasteiger partial charge in [0.2, 0.25) is 6.39 Å². The number of aliphatic hydroxyl groups is 1. The van der Waals surface area contributed by atoms with Crippen molar-refractivity contribution in [1.82, 2.24) is 15.0 Å². The second-order valence-electron chi connectivity index (χ2n) is 3.38. The van der Waals surface area contributed by atoms with Crippen LogP contribution in [-0.2, 0) is 6.54 Å². The number of β-amino-alcohol motifs (C(OH)–C–C–N with tert-alkyl or cyclic N) is 1. The van der Waals surface area contributed by atoms with Crippen LogP contribution in [0.15, 0.2) is 10.9 Å². The summed E-state index contributed by atoms with van der Waals surface area (Å²) in [4.78, 5) is 6.07. The van der Waals surface area contributed by atoms with Crippen LogP contribution in [0, 0.1) is 0 Å². The first-order valence-corrected chi connectivity index (χ1v) is 4.50. The highest BCUT2D eigenvalue weighted by atomic mass is 16.5. The van der Waals surface area contributed by atoms with Gasteiger partial charge in [0.25, 0.3) is 0 Å². The van der Waals surface area contributed by atoms with Gasteiger partial charge in [0.05, 0.1) is 12.6 Å². The normalized spacial score (nSPS) is 24.8. The number of piperidine rings is 1. The Morgan fingerprint density at radius 2 is 2.62 bits per heavy atom. The van der Waals surface area contributed by atoms with E-state index in [9.17, 15) is 5.11 Å². The molecule has 1 fully saturated rings. The van der Waals surface area contributed by atoms with E-state index in [0.29, 0.717) is 18.9 Å². The molecule has 0 aromatic carbocycles. The molecular weight excluding hydrogens is 170 g/mol. The molecule has 1 unspecified atom stereocenters. The Balaban J connectivity index is 1.87. The molecule has 0 bridgehead atoms. The number of nitrogens with zero attached hydrogens (tertiary/aromatic N) is 3. The van der Waals surface area contributed by atoms with Crippen LogP contribution in [0.4, 0.5) is 0 Å². The molecule has 1 atom stereocenters. The molecule has 0 amide bonds. The SMILES string of the molecule is OC1CCCN(Cc2ncon2)C1. The van der Waals surface area contributed by atoms with Crippen molar-refractivity contribution in [3.8, 4) is 0 Å². The van der Waals surface area contributed by atoms with E-state index < -0.39 is 0 Å². The lowest BCUT2D eigenvalue weighted by Crippen LogP contribution is -2.37. The molecule has 1 aromatic heterocycles. The molecule has 1 aliphatic rings. The van der Waals surface area contributed by atoms with Crippen molar-refractivity contribution in [2.24, 2.45) is 0 Å². The zero-order chi connectivity index (χ0) is 9.10. The van der Waals surface area contributed by atoms with Crippen LogP contribution in [0.3, 0.4) is 0 Å². The van der Waals surface area contributed by atoms with E-state index in [0.717, 1.165) is 19.4 Å². The topological polar surface area (TPSA) is 62.4 Å². The Bertz CT molecular complexity index is 250. The molecule has 2 heterocycles. The van der Waals surface area contributed by atoms with Gasteiger partial charge in [0.1, 0.15) is 0 Å². The molecule has 0 aliphatic carbocycles. The van der Waals surface area contributed by atoms with Gasteiger partial charge in [0.15, 0.2) is 5.82 Å². The minimum Gasteiger partial charge on any atom is -0.392 e. The summed E-state index contributed by atoms with van der Waals surface area (Å²) in [7, 11) is 0. The number of likely N-dealkylation sites (tertiary alicyclic amines) is 1. The Morgan fingerprint density at radius 1 is 1.69 bits per heavy atom. The fourth-order valence-electron chi connectivity index (χ4n) is 1.64. The molecule has 1 N–H and O–H groups in total. The summed E-state index contributed by atoms with van der Waals surface area (Å²) >= 11 is 0. The van der Waals surface area contributed by atoms with Crippen molar-refractivity contribution in [3.05, 3.63) is 12.2 Å². The van der Waals surface area contributed by atoms with Gasteiger partial charge in [-0.1, -0.05) is 5.16 Å². The highest BCUT2D eigenvalue weighted by Crippen LogP contribution is 2.11. The van der Waals surface area contributed by atoms with E-state index in [1.54, 1.807) is 0 Å². The van der Waals surface area contributed by atoms with Crippen LogP contribution < -0.4 is 0 Å². The molecule has 0 saturated carbocycles. The Hall–Kier alpha value is -0.940. The summed E-state index contributed by atoms with van der Waals surface area (Å²) in [5, 5.41) is 13.1. The molecule has 2 rings (SSSR count). The van der Waals surface area contributed by atoms with E-state index in [1.165, 1.54) is 6.39 Å². The van der Waals surface area contributed by atoms with E-state index in [4.69, 9.17) is 0 Å². The van der Waals surface area contributed by atoms with Crippen molar-refractivity contribution in [3.63, 3.8) is 0 Å². The predicted octanol–water partition coefficient (Wildman–Crippen LogP) is 0.0263. The van der Waals surface area contributed by atoms with Gasteiger partial charge in [-0.05, 0) is 19.4 Å². The van der Waals surface area contributed by atoms with Crippen LogP contribution in [0.25, 0.3) is 0 Å². The lowest BCUT2D eigenvalue weighted by atomic mass is 10.1. The first-order chi connectivity index (χ1) is 6.34. The fourth-order valence-corrected chi connectivity index (χ4v) is 1.64. The molecule has 5 heteroatoms. The summed E-state index contributed by atoms with van der Waals surface area (Å²) < 4.78 is 4.63. The third kappa shape index (κ3) is 2.26. The van der Waals surface area contributed by atoms with Crippen LogP contribution in [0.1, 0.15) is 18.7 Å². The summed E-state index contributed by atoms with van der Waals surface area (Å²) in [5.41, 5.74) is 0. The first-order valence-electron chi connectivity index (χ1n) is 4.50. The number of hydrogen-bond acceptors (Lipinski definition) is 5. The number of hydrogen-bond donors (Lipinski definition) is 1. The molecule has 1 saturated heterocycles. The van der Waals surface area contributed by atoms with Gasteiger partial charge in [-0.25, -0.2) is 0 Å². The molecule has 1 aromatic rings. The number of rotatable bonds is 2. The highest BCUT2D eigenvalue weighted by Gasteiger charge is 2.18. The van der Waals surface area contributed by atoms with Crippen molar-refractivity contribution < 1.29 is 9.63 Å². The maximum atomic E-state index is 9.40. The Labute approximate surface area is 76.4 Å². The second kappa shape index (κ2) is 3.85. The monoisotopic (exact) mass is 183 g/mol. The van der Waals surface area contributed by atoms with Crippen LogP contribution in [0.2, 0.25) is 0 Å². The first kappa shape index (κ1) is 8.65. The van der Waals surface area contributed by atoms with Gasteiger partial charge in [-0.3, -0.25) is 4.90 Å². The highest BCUT2D eigenvalue weighted by molar-refractivity contribution is 4.81. The van der Waals surface area contributed by atoms with E-state index in [-0.39, 0.29) is 6.10 Å². The molecule has 13 heavy (non-hydrogen) atoms. The average molecular weight is 183 g/mol. The van der Waals surface area contributed by atoms with Crippen LogP contribution in [-0.4, -0.2) is 39.3 Å². The number of aliphatic hydroxyl groups excluding tert-OH is 1. The average Bonchev–Trinajstić information content (AvgIpc) is 2.57. The maximum Gasteiger partial charge on any atom is 0.213 e. The third-order valence-electron chi connectivity index (χ3n) is 2.25. The van der Waals surface area contributed by atoms with Gasteiger partial charge in [-0.2, -0.15) is 4.98 Å². The molecule has 1 aliphatic heterocycles. The van der Waals surface area contributed by atoms with E-state index >= 15 is 0 Å². The zero-order valence-electron chi connectivity index (χ0n) is 7.39. The van der Waals surface area contributed by atoms with Crippen molar-refractivity contribution in [2.45, 2.75) is 25.5 Å². The molecule has 0 spiro atoms. The quantitative estimate of drug-likeness (QED) is 0.700. The van der Waals surface area contributed by atoms with E-state index in [2.05, 4.69) is 19.6 Å². The lowest BCUT2D eigenvalue weighted by Gasteiger charge is -2.28. The molecule has 0 radical (unpaired) electrons. The minimum absolute atomic E-state index is 0.194. The third-order valence-corrected chi connectivity index (χ3v) is 2.25.